The summed E-state index contributed by atoms with van der Waals surface area (Å²) in [6.07, 6.45) is 9.70. The van der Waals surface area contributed by atoms with Crippen molar-refractivity contribution in [2.45, 2.75) is 44.9 Å². The number of amides is 2. The smallest absolute Gasteiger partial charge is 0.249 e. The van der Waals surface area contributed by atoms with Crippen LogP contribution >= 0.6 is 0 Å². The molecule has 0 fully saturated rings. The van der Waals surface area contributed by atoms with Crippen molar-refractivity contribution in [2.75, 3.05) is 0 Å². The number of benzene rings is 2. The summed E-state index contributed by atoms with van der Waals surface area (Å²) in [5, 5.41) is 7.88. The van der Waals surface area contributed by atoms with Gasteiger partial charge in [-0.15, -0.1) is 0 Å². The van der Waals surface area contributed by atoms with Crippen molar-refractivity contribution in [3.8, 4) is 0 Å². The highest BCUT2D eigenvalue weighted by atomic mass is 16.2. The van der Waals surface area contributed by atoms with E-state index in [0.717, 1.165) is 36.8 Å². The second-order valence-corrected chi connectivity index (χ2v) is 7.53. The average Bonchev–Trinajstić information content (AvgIpc) is 3.36. The van der Waals surface area contributed by atoms with Crippen LogP contribution in [0.5, 0.6) is 0 Å². The topological polar surface area (TPSA) is 82.9 Å². The van der Waals surface area contributed by atoms with Gasteiger partial charge in [0.15, 0.2) is 0 Å². The molecule has 4 rings (SSSR count). The normalized spacial score (nSPS) is 14.9. The summed E-state index contributed by atoms with van der Waals surface area (Å²) in [5.74, 6) is -0.958. The van der Waals surface area contributed by atoms with Crippen molar-refractivity contribution >= 4 is 24.2 Å². The van der Waals surface area contributed by atoms with E-state index in [4.69, 9.17) is 0 Å². The van der Waals surface area contributed by atoms with Crippen molar-refractivity contribution in [1.82, 2.24) is 10.9 Å². The zero-order valence-corrected chi connectivity index (χ0v) is 16.3. The lowest BCUT2D eigenvalue weighted by atomic mass is 10.1. The van der Waals surface area contributed by atoms with Crippen LogP contribution in [0.2, 0.25) is 0 Å². The average molecular weight is 388 g/mol. The molecule has 6 nitrogen and oxygen atoms in total. The van der Waals surface area contributed by atoms with Crippen molar-refractivity contribution in [2.24, 2.45) is 10.2 Å². The molecule has 0 saturated heterocycles. The molecular formula is C23H24N4O2. The van der Waals surface area contributed by atoms with Crippen LogP contribution in [0.1, 0.15) is 52.6 Å². The van der Waals surface area contributed by atoms with Crippen LogP contribution in [0.4, 0.5) is 0 Å². The maximum atomic E-state index is 11.9. The van der Waals surface area contributed by atoms with Crippen molar-refractivity contribution in [1.29, 1.82) is 0 Å². The Kier molecular flexibility index (Phi) is 5.79. The predicted molar refractivity (Wildman–Crippen MR) is 113 cm³/mol. The molecule has 0 atom stereocenters. The number of nitrogens with zero attached hydrogens (tertiary/aromatic N) is 2. The third-order valence-corrected chi connectivity index (χ3v) is 5.37. The van der Waals surface area contributed by atoms with Crippen molar-refractivity contribution < 1.29 is 9.59 Å². The molecule has 0 radical (unpaired) electrons. The van der Waals surface area contributed by atoms with E-state index in [1.54, 1.807) is 12.4 Å². The summed E-state index contributed by atoms with van der Waals surface area (Å²) in [6, 6.07) is 12.4. The largest absolute Gasteiger partial charge is 0.273 e. The molecule has 2 aliphatic carbocycles. The molecule has 2 aromatic rings. The Morgan fingerprint density at radius 3 is 1.66 bits per heavy atom. The van der Waals surface area contributed by atoms with Crippen molar-refractivity contribution in [3.05, 3.63) is 69.8 Å². The number of nitrogens with one attached hydrogen (secondary N) is 2. The molecular weight excluding hydrogens is 364 g/mol. The monoisotopic (exact) mass is 388 g/mol. The second kappa shape index (κ2) is 8.82. The van der Waals surface area contributed by atoms with Crippen LogP contribution in [-0.4, -0.2) is 24.2 Å². The predicted octanol–water partition coefficient (Wildman–Crippen LogP) is 2.65. The standard InChI is InChI=1S/C23H24N4O2/c28-22(26-24-14-16-7-9-18-3-1-5-20(18)11-16)13-23(29)27-25-15-17-8-10-19-4-2-6-21(19)12-17/h7-12,14-15H,1-6,13H2,(H,26,28)(H,27,29)/b24-14+,25-15+. The van der Waals surface area contributed by atoms with E-state index in [0.29, 0.717) is 0 Å². The van der Waals surface area contributed by atoms with Gasteiger partial charge in [-0.2, -0.15) is 10.2 Å². The fourth-order valence-corrected chi connectivity index (χ4v) is 3.93. The van der Waals surface area contributed by atoms with Crippen LogP contribution < -0.4 is 10.9 Å². The van der Waals surface area contributed by atoms with Gasteiger partial charge in [0.05, 0.1) is 12.4 Å². The van der Waals surface area contributed by atoms with E-state index in [-0.39, 0.29) is 6.42 Å². The van der Waals surface area contributed by atoms with Crippen molar-refractivity contribution in [3.63, 3.8) is 0 Å². The van der Waals surface area contributed by atoms with Gasteiger partial charge in [0, 0.05) is 0 Å². The minimum Gasteiger partial charge on any atom is -0.273 e. The maximum absolute atomic E-state index is 11.9. The highest BCUT2D eigenvalue weighted by Crippen LogP contribution is 2.23. The number of hydrazone groups is 2. The lowest BCUT2D eigenvalue weighted by Gasteiger charge is -2.02. The molecule has 0 saturated carbocycles. The summed E-state index contributed by atoms with van der Waals surface area (Å²) < 4.78 is 0. The number of fused-ring (bicyclic) bond motifs is 2. The molecule has 0 aromatic heterocycles. The molecule has 2 amide bonds. The summed E-state index contributed by atoms with van der Waals surface area (Å²) >= 11 is 0. The van der Waals surface area contributed by atoms with Gasteiger partial charge in [0.2, 0.25) is 11.8 Å². The Bertz CT molecular complexity index is 915. The molecule has 2 N–H and O–H groups in total. The molecule has 29 heavy (non-hydrogen) atoms. The summed E-state index contributed by atoms with van der Waals surface area (Å²) in [7, 11) is 0. The number of rotatable bonds is 6. The first-order chi connectivity index (χ1) is 14.2. The molecule has 2 aromatic carbocycles. The van der Waals surface area contributed by atoms with Gasteiger partial charge in [-0.25, -0.2) is 10.9 Å². The van der Waals surface area contributed by atoms with Gasteiger partial charge in [-0.05, 0) is 84.0 Å². The molecule has 0 aliphatic heterocycles. The van der Waals surface area contributed by atoms with E-state index < -0.39 is 11.8 Å². The Balaban J connectivity index is 1.21. The zero-order valence-electron chi connectivity index (χ0n) is 16.3. The van der Waals surface area contributed by atoms with E-state index in [1.165, 1.54) is 35.1 Å². The van der Waals surface area contributed by atoms with E-state index >= 15 is 0 Å². The van der Waals surface area contributed by atoms with Gasteiger partial charge in [0.25, 0.3) is 0 Å². The summed E-state index contributed by atoms with van der Waals surface area (Å²) in [4.78, 5) is 23.7. The number of aryl methyl sites for hydroxylation is 4. The molecule has 6 heteroatoms. The van der Waals surface area contributed by atoms with Crippen LogP contribution in [0.25, 0.3) is 0 Å². The van der Waals surface area contributed by atoms with Gasteiger partial charge < -0.3 is 0 Å². The van der Waals surface area contributed by atoms with Gasteiger partial charge in [-0.1, -0.05) is 24.3 Å². The van der Waals surface area contributed by atoms with Crippen LogP contribution in [0.3, 0.4) is 0 Å². The molecule has 148 valence electrons. The number of hydrogen-bond donors (Lipinski definition) is 2. The summed E-state index contributed by atoms with van der Waals surface area (Å²) in [5.41, 5.74) is 12.1. The summed E-state index contributed by atoms with van der Waals surface area (Å²) in [6.45, 7) is 0. The SMILES string of the molecule is O=C(CC(=O)N/N=C/c1ccc2c(c1)CCC2)N/N=C/c1ccc2c(c1)CCC2. The lowest BCUT2D eigenvalue weighted by Crippen LogP contribution is -2.27. The Morgan fingerprint density at radius 2 is 1.17 bits per heavy atom. The molecule has 0 bridgehead atoms. The highest BCUT2D eigenvalue weighted by Gasteiger charge is 2.11. The van der Waals surface area contributed by atoms with Crippen LogP contribution in [0, 0.1) is 0 Å². The first-order valence-electron chi connectivity index (χ1n) is 10.0. The minimum absolute atomic E-state index is 0.330. The van der Waals surface area contributed by atoms with Crippen LogP contribution in [-0.2, 0) is 35.3 Å². The Hall–Kier alpha value is -3.28. The number of carbonyl (C=O) groups excluding carboxylic acids is 2. The van der Waals surface area contributed by atoms with E-state index in [1.807, 2.05) is 12.1 Å². The Morgan fingerprint density at radius 1 is 0.724 bits per heavy atom. The highest BCUT2D eigenvalue weighted by molar-refractivity contribution is 5.97. The van der Waals surface area contributed by atoms with Crippen LogP contribution in [0.15, 0.2) is 46.6 Å². The zero-order chi connectivity index (χ0) is 20.1. The quantitative estimate of drug-likeness (QED) is 0.453. The third-order valence-electron chi connectivity index (χ3n) is 5.37. The maximum Gasteiger partial charge on any atom is 0.249 e. The number of carbonyl (C=O) groups is 2. The molecule has 0 spiro atoms. The lowest BCUT2D eigenvalue weighted by molar-refractivity contribution is -0.129. The third kappa shape index (κ3) is 4.96. The fourth-order valence-electron chi connectivity index (χ4n) is 3.93. The number of hydrogen-bond acceptors (Lipinski definition) is 4. The minimum atomic E-state index is -0.479. The van der Waals surface area contributed by atoms with Gasteiger partial charge >= 0.3 is 0 Å². The first-order valence-corrected chi connectivity index (χ1v) is 10.0. The Labute approximate surface area is 170 Å². The van der Waals surface area contributed by atoms with E-state index in [9.17, 15) is 9.59 Å². The molecule has 0 unspecified atom stereocenters. The first kappa shape index (κ1) is 19.1. The molecule has 2 aliphatic rings. The second-order valence-electron chi connectivity index (χ2n) is 7.53. The fraction of sp³-hybridized carbons (Fsp3) is 0.304. The molecule has 0 heterocycles. The van der Waals surface area contributed by atoms with Gasteiger partial charge in [0.1, 0.15) is 6.42 Å². The van der Waals surface area contributed by atoms with E-state index in [2.05, 4.69) is 45.3 Å². The van der Waals surface area contributed by atoms with Gasteiger partial charge in [-0.3, -0.25) is 9.59 Å².